The predicted molar refractivity (Wildman–Crippen MR) is 321 cm³/mol. The van der Waals surface area contributed by atoms with Crippen molar-refractivity contribution >= 4 is 71.0 Å². The summed E-state index contributed by atoms with van der Waals surface area (Å²) in [5.41, 5.74) is 12.0. The number of benzene rings is 1. The molecule has 484 valence electrons. The van der Waals surface area contributed by atoms with E-state index in [1.807, 2.05) is 44.2 Å². The van der Waals surface area contributed by atoms with Crippen LogP contribution in [0.15, 0.2) is 35.3 Å². The van der Waals surface area contributed by atoms with Gasteiger partial charge in [-0.1, -0.05) is 132 Å². The molecule has 1 aromatic carbocycles. The number of hydrogen-bond acceptors (Lipinski definition) is 15. The first-order valence-corrected chi connectivity index (χ1v) is 30.2. The number of cyclic esters (lactones) is 1. The molecule has 2 rings (SSSR count). The van der Waals surface area contributed by atoms with E-state index >= 15 is 0 Å². The van der Waals surface area contributed by atoms with Crippen molar-refractivity contribution in [3.05, 3.63) is 35.9 Å². The van der Waals surface area contributed by atoms with Crippen molar-refractivity contribution in [1.82, 2.24) is 53.2 Å². The molecule has 27 nitrogen and oxygen atoms in total. The van der Waals surface area contributed by atoms with E-state index in [0.717, 1.165) is 5.56 Å². The Labute approximate surface area is 505 Å². The zero-order valence-corrected chi connectivity index (χ0v) is 52.2. The Morgan fingerprint density at radius 3 is 1.57 bits per heavy atom. The van der Waals surface area contributed by atoms with Crippen LogP contribution in [-0.2, 0) is 63.9 Å². The standard InChI is InChI=1S/C59H99N13O14/c1-13-23-39-50(77)71-46(34(10)17-5)58(85)86-36(12)47(57(84)63-35(11)48(75)64-39)72-53(80)42(30-74)67-55(82)44(32(8)15-3)70-56(83)45(33(9)16-4)69-51(78)40(26-22-27-62-59(60)61)65-52(79)41(29-73)66-54(81)43(31(7)14-2)68-49(76)38(18-6)28-37-24-20-19-21-25-37/h19-21,24-25,31-36,38-47,73-74H,13-18,22-23,26-30H2,1-12H3,(H,63,84)(H,64,75)(H,65,79)(H,66,81)(H,67,82)(H,68,76)(H,69,78)(H,70,83)(H,71,77)(H,72,80)(H4,60,61,62)/t31-,32-,33+,34-,35-,36-,38+,39-,40+,41-,42-,43-,44-,45+,46-,47+/m0/s1. The van der Waals surface area contributed by atoms with Crippen molar-refractivity contribution in [1.29, 1.82) is 0 Å². The highest BCUT2D eigenvalue weighted by Crippen LogP contribution is 2.18. The van der Waals surface area contributed by atoms with Gasteiger partial charge in [-0.15, -0.1) is 0 Å². The van der Waals surface area contributed by atoms with Gasteiger partial charge in [-0.2, -0.15) is 0 Å². The summed E-state index contributed by atoms with van der Waals surface area (Å²) in [4.78, 5) is 157. The van der Waals surface area contributed by atoms with Gasteiger partial charge in [-0.05, 0) is 75.2 Å². The van der Waals surface area contributed by atoms with E-state index in [1.165, 1.54) is 13.8 Å². The minimum atomic E-state index is -1.78. The van der Waals surface area contributed by atoms with Gasteiger partial charge in [0.05, 0.1) is 13.2 Å². The van der Waals surface area contributed by atoms with E-state index < -0.39 is 168 Å². The number of aliphatic imine (C=N–C) groups is 1. The summed E-state index contributed by atoms with van der Waals surface area (Å²) in [6, 6.07) is -4.57. The maximum atomic E-state index is 14.5. The molecule has 1 aliphatic heterocycles. The second kappa shape index (κ2) is 37.9. The molecule has 1 aliphatic rings. The zero-order valence-electron chi connectivity index (χ0n) is 52.2. The van der Waals surface area contributed by atoms with Gasteiger partial charge >= 0.3 is 5.97 Å². The molecule has 16 N–H and O–H groups in total. The number of guanidine groups is 1. The third kappa shape index (κ3) is 23.5. The Hall–Kier alpha value is -7.42. The quantitative estimate of drug-likeness (QED) is 0.0175. The molecule has 1 heterocycles. The Bertz CT molecular complexity index is 2450. The summed E-state index contributed by atoms with van der Waals surface area (Å²) in [7, 11) is 0. The van der Waals surface area contributed by atoms with Gasteiger partial charge < -0.3 is 79.6 Å². The molecule has 0 radical (unpaired) electrons. The molecule has 10 amide bonds. The average Bonchev–Trinajstić information content (AvgIpc) is 3.47. The van der Waals surface area contributed by atoms with Crippen molar-refractivity contribution in [2.75, 3.05) is 19.8 Å². The van der Waals surface area contributed by atoms with Gasteiger partial charge in [0.2, 0.25) is 59.1 Å². The molecule has 1 aromatic rings. The van der Waals surface area contributed by atoms with Gasteiger partial charge in [-0.3, -0.25) is 52.9 Å². The van der Waals surface area contributed by atoms with E-state index in [-0.39, 0.29) is 44.1 Å². The predicted octanol–water partition coefficient (Wildman–Crippen LogP) is -0.909. The SMILES string of the molecule is CCC[C@@H]1NC(=O)[C@H](C)NC(=O)[C@H](NC(=O)[C@H](CO)NC(=O)[C@@H](NC(=O)[C@H](NC(=O)[C@@H](CCCN=C(N)N)NC(=O)[C@H](CO)NC(=O)[C@@H](NC(=O)[C@H](CC)Cc2ccccc2)[C@@H](C)CC)[C@H](C)CC)[C@@H](C)CC)[C@H](C)OC(=O)[C@H]([C@@H](C)CC)NC1=O. The summed E-state index contributed by atoms with van der Waals surface area (Å²) >= 11 is 0. The Morgan fingerprint density at radius 2 is 1.08 bits per heavy atom. The van der Waals surface area contributed by atoms with Crippen molar-refractivity contribution in [2.24, 2.45) is 46.0 Å². The molecule has 0 spiro atoms. The fraction of sp³-hybridized carbons (Fsp3) is 0.695. The van der Waals surface area contributed by atoms with Crippen LogP contribution < -0.4 is 64.6 Å². The van der Waals surface area contributed by atoms with Crippen LogP contribution in [0.1, 0.15) is 146 Å². The smallest absolute Gasteiger partial charge is 0.329 e. The van der Waals surface area contributed by atoms with E-state index in [9.17, 15) is 63.0 Å². The first-order valence-electron chi connectivity index (χ1n) is 30.2. The molecule has 27 heteroatoms. The summed E-state index contributed by atoms with van der Waals surface area (Å²) < 4.78 is 5.70. The molecule has 0 unspecified atom stereocenters. The van der Waals surface area contributed by atoms with Crippen LogP contribution in [0.4, 0.5) is 0 Å². The number of nitrogens with two attached hydrogens (primary N) is 2. The first-order chi connectivity index (χ1) is 40.7. The van der Waals surface area contributed by atoms with Crippen molar-refractivity contribution in [3.8, 4) is 0 Å². The van der Waals surface area contributed by atoms with Crippen molar-refractivity contribution in [2.45, 2.75) is 214 Å². The largest absolute Gasteiger partial charge is 0.458 e. The first kappa shape index (κ1) is 74.7. The van der Waals surface area contributed by atoms with E-state index in [0.29, 0.717) is 38.5 Å². The number of aliphatic hydroxyl groups excluding tert-OH is 2. The fourth-order valence-electron chi connectivity index (χ4n) is 9.27. The number of nitrogens with one attached hydrogen (secondary N) is 10. The molecule has 86 heavy (non-hydrogen) atoms. The fourth-order valence-corrected chi connectivity index (χ4v) is 9.27. The number of carbonyl (C=O) groups excluding carboxylic acids is 11. The van der Waals surface area contributed by atoms with Crippen molar-refractivity contribution < 1.29 is 67.7 Å². The van der Waals surface area contributed by atoms with Crippen LogP contribution in [-0.4, -0.2) is 167 Å². The van der Waals surface area contributed by atoms with Crippen LogP contribution in [0.5, 0.6) is 0 Å². The van der Waals surface area contributed by atoms with E-state index in [4.69, 9.17) is 16.2 Å². The molecule has 0 bridgehead atoms. The number of ether oxygens (including phenoxy) is 1. The minimum Gasteiger partial charge on any atom is -0.458 e. The lowest BCUT2D eigenvalue weighted by molar-refractivity contribution is -0.157. The lowest BCUT2D eigenvalue weighted by atomic mass is 9.93. The van der Waals surface area contributed by atoms with Crippen LogP contribution in [0.2, 0.25) is 0 Å². The number of carbonyl (C=O) groups is 11. The highest BCUT2D eigenvalue weighted by molar-refractivity contribution is 5.99. The summed E-state index contributed by atoms with van der Waals surface area (Å²) in [6.45, 7) is 18.2. The molecule has 0 aliphatic carbocycles. The normalized spacial score (nSPS) is 21.3. The summed E-state index contributed by atoms with van der Waals surface area (Å²) in [5.74, 6) is -12.0. The lowest BCUT2D eigenvalue weighted by Crippen LogP contribution is -2.63. The van der Waals surface area contributed by atoms with E-state index in [2.05, 4.69) is 58.2 Å². The Balaban J connectivity index is 2.43. The highest BCUT2D eigenvalue weighted by atomic mass is 16.5. The Morgan fingerprint density at radius 1 is 0.593 bits per heavy atom. The monoisotopic (exact) mass is 1210 g/mol. The van der Waals surface area contributed by atoms with Crippen LogP contribution in [0.3, 0.4) is 0 Å². The molecular weight excluding hydrogens is 1110 g/mol. The maximum Gasteiger partial charge on any atom is 0.329 e. The number of rotatable bonds is 33. The molecule has 16 atom stereocenters. The molecule has 0 saturated carbocycles. The average molecular weight is 1210 g/mol. The molecule has 0 aromatic heterocycles. The number of aliphatic hydroxyl groups is 2. The topological polar surface area (TPSA) is 422 Å². The van der Waals surface area contributed by atoms with Gasteiger partial charge in [0.1, 0.15) is 66.5 Å². The zero-order chi connectivity index (χ0) is 65.0. The molecule has 1 fully saturated rings. The van der Waals surface area contributed by atoms with E-state index in [1.54, 1.807) is 55.4 Å². The molecular formula is C59H99N13O14. The number of hydrogen-bond donors (Lipinski definition) is 14. The third-order valence-corrected chi connectivity index (χ3v) is 15.9. The lowest BCUT2D eigenvalue weighted by Gasteiger charge is -2.31. The maximum absolute atomic E-state index is 14.5. The molecule has 1 saturated heterocycles. The van der Waals surface area contributed by atoms with Crippen molar-refractivity contribution in [3.63, 3.8) is 0 Å². The number of esters is 1. The second-order valence-corrected chi connectivity index (χ2v) is 22.5. The number of amides is 10. The number of nitrogens with zero attached hydrogens (tertiary/aromatic N) is 1. The third-order valence-electron chi connectivity index (χ3n) is 15.9. The van der Waals surface area contributed by atoms with Gasteiger partial charge in [0.15, 0.2) is 5.96 Å². The Kier molecular flexibility index (Phi) is 32.9. The van der Waals surface area contributed by atoms with Gasteiger partial charge in [0, 0.05) is 12.5 Å². The van der Waals surface area contributed by atoms with Crippen LogP contribution in [0, 0.1) is 29.6 Å². The van der Waals surface area contributed by atoms with Gasteiger partial charge in [-0.25, -0.2) is 4.79 Å². The van der Waals surface area contributed by atoms with Crippen LogP contribution in [0.25, 0.3) is 0 Å². The van der Waals surface area contributed by atoms with Gasteiger partial charge in [0.25, 0.3) is 0 Å². The summed E-state index contributed by atoms with van der Waals surface area (Å²) in [5, 5.41) is 47.0. The van der Waals surface area contributed by atoms with Crippen LogP contribution >= 0.6 is 0 Å². The highest BCUT2D eigenvalue weighted by Gasteiger charge is 2.41. The minimum absolute atomic E-state index is 0.0206. The second-order valence-electron chi connectivity index (χ2n) is 22.5. The summed E-state index contributed by atoms with van der Waals surface area (Å²) in [6.07, 6.45) is 1.63.